The first-order valence-electron chi connectivity index (χ1n) is 10.7. The molecule has 1 aromatic rings. The number of nitrogens with two attached hydrogens (primary N) is 1. The van der Waals surface area contributed by atoms with E-state index in [-0.39, 0.29) is 0 Å². The Morgan fingerprint density at radius 3 is 2.18 bits per heavy atom. The normalized spacial score (nSPS) is 22.6. The Morgan fingerprint density at radius 1 is 0.929 bits per heavy atom. The van der Waals surface area contributed by atoms with E-state index < -0.39 is 0 Å². The van der Waals surface area contributed by atoms with Crippen molar-refractivity contribution in [3.8, 4) is 5.75 Å². The van der Waals surface area contributed by atoms with Crippen LogP contribution in [-0.2, 0) is 4.79 Å². The fourth-order valence-electron chi connectivity index (χ4n) is 4.80. The molecule has 2 aliphatic heterocycles. The summed E-state index contributed by atoms with van der Waals surface area (Å²) in [5, 5.41) is 0. The fraction of sp³-hybridized carbons (Fsp3) is 0.667. The van der Waals surface area contributed by atoms with Gasteiger partial charge in [0.05, 0.1) is 6.54 Å². The summed E-state index contributed by atoms with van der Waals surface area (Å²) >= 11 is 0. The molecule has 154 valence electrons. The highest BCUT2D eigenvalue weighted by atomic mass is 16.6. The molecule has 3 aliphatic rings. The molecule has 1 amide bonds. The van der Waals surface area contributed by atoms with Crippen LogP contribution >= 0.6 is 0 Å². The van der Waals surface area contributed by atoms with Crippen molar-refractivity contribution in [3.05, 3.63) is 24.3 Å². The molecule has 2 saturated heterocycles. The number of hydrogen-bond acceptors (Lipinski definition) is 6. The molecule has 4 rings (SSSR count). The highest BCUT2D eigenvalue weighted by Gasteiger charge is 2.29. The topological polar surface area (TPSA) is 65.3 Å². The Labute approximate surface area is 167 Å². The van der Waals surface area contributed by atoms with Gasteiger partial charge < -0.3 is 14.6 Å². The van der Waals surface area contributed by atoms with Crippen molar-refractivity contribution in [1.29, 1.82) is 0 Å². The van der Waals surface area contributed by atoms with Crippen LogP contribution in [0.1, 0.15) is 25.7 Å². The second-order valence-corrected chi connectivity index (χ2v) is 8.23. The van der Waals surface area contributed by atoms with Crippen LogP contribution in [0.15, 0.2) is 24.3 Å². The average molecular weight is 388 g/mol. The summed E-state index contributed by atoms with van der Waals surface area (Å²) < 4.78 is 0. The molecule has 7 heteroatoms. The van der Waals surface area contributed by atoms with Gasteiger partial charge in [0.1, 0.15) is 5.75 Å². The molecule has 1 saturated carbocycles. The summed E-state index contributed by atoms with van der Waals surface area (Å²) in [5.41, 5.74) is 1.18. The summed E-state index contributed by atoms with van der Waals surface area (Å²) in [6, 6.07) is 8.61. The highest BCUT2D eigenvalue weighted by molar-refractivity contribution is 5.78. The largest absolute Gasteiger partial charge is 0.412 e. The molecule has 1 aromatic carbocycles. The minimum atomic E-state index is 0.295. The third-order valence-electron chi connectivity index (χ3n) is 6.58. The van der Waals surface area contributed by atoms with E-state index in [1.54, 1.807) is 0 Å². The van der Waals surface area contributed by atoms with Gasteiger partial charge in [0.15, 0.2) is 0 Å². The Morgan fingerprint density at radius 2 is 1.57 bits per heavy atom. The van der Waals surface area contributed by atoms with Gasteiger partial charge in [0.2, 0.25) is 5.91 Å². The Balaban J connectivity index is 1.19. The predicted molar refractivity (Wildman–Crippen MR) is 110 cm³/mol. The van der Waals surface area contributed by atoms with Crippen molar-refractivity contribution in [2.75, 3.05) is 63.8 Å². The second kappa shape index (κ2) is 9.11. The van der Waals surface area contributed by atoms with Gasteiger partial charge in [0, 0.05) is 64.1 Å². The van der Waals surface area contributed by atoms with Crippen molar-refractivity contribution in [3.63, 3.8) is 0 Å². The molecular weight excluding hydrogens is 354 g/mol. The molecule has 0 unspecified atom stereocenters. The first-order valence-corrected chi connectivity index (χ1v) is 10.7. The molecule has 0 radical (unpaired) electrons. The summed E-state index contributed by atoms with van der Waals surface area (Å²) in [6.45, 7) is 8.15. The summed E-state index contributed by atoms with van der Waals surface area (Å²) in [6.07, 6.45) is 5.45. The van der Waals surface area contributed by atoms with Crippen LogP contribution in [0.3, 0.4) is 0 Å². The zero-order valence-corrected chi connectivity index (χ0v) is 16.8. The Bertz CT molecular complexity index is 631. The van der Waals surface area contributed by atoms with Gasteiger partial charge in [0.25, 0.3) is 0 Å². The van der Waals surface area contributed by atoms with Gasteiger partial charge in [-0.05, 0) is 37.1 Å². The van der Waals surface area contributed by atoms with Gasteiger partial charge in [-0.25, -0.2) is 0 Å². The van der Waals surface area contributed by atoms with E-state index in [9.17, 15) is 4.79 Å². The van der Waals surface area contributed by atoms with Gasteiger partial charge >= 0.3 is 0 Å². The number of carbonyl (C=O) groups is 1. The zero-order chi connectivity index (χ0) is 19.3. The van der Waals surface area contributed by atoms with Crippen LogP contribution in [-0.4, -0.2) is 85.6 Å². The average Bonchev–Trinajstić information content (AvgIpc) is 3.29. The van der Waals surface area contributed by atoms with Crippen LogP contribution in [0.2, 0.25) is 0 Å². The molecule has 3 fully saturated rings. The van der Waals surface area contributed by atoms with Crippen LogP contribution in [0.25, 0.3) is 0 Å². The summed E-state index contributed by atoms with van der Waals surface area (Å²) in [4.78, 5) is 26.8. The number of benzene rings is 1. The first kappa shape index (κ1) is 19.5. The molecule has 0 bridgehead atoms. The zero-order valence-electron chi connectivity index (χ0n) is 16.8. The first-order chi connectivity index (χ1) is 13.7. The molecule has 2 N–H and O–H groups in total. The number of hydrogen-bond donors (Lipinski definition) is 1. The number of nitrogens with zero attached hydrogens (tertiary/aromatic N) is 4. The van der Waals surface area contributed by atoms with Gasteiger partial charge in [-0.15, -0.1) is 0 Å². The van der Waals surface area contributed by atoms with Crippen molar-refractivity contribution in [1.82, 2.24) is 14.7 Å². The van der Waals surface area contributed by atoms with Crippen LogP contribution in [0.4, 0.5) is 5.69 Å². The van der Waals surface area contributed by atoms with Crippen molar-refractivity contribution in [2.45, 2.75) is 31.7 Å². The van der Waals surface area contributed by atoms with E-state index >= 15 is 0 Å². The molecular formula is C21H33N5O2. The minimum Gasteiger partial charge on any atom is -0.412 e. The van der Waals surface area contributed by atoms with Crippen LogP contribution < -0.4 is 15.6 Å². The Hall–Kier alpha value is -1.83. The number of rotatable bonds is 5. The third kappa shape index (κ3) is 4.59. The lowest BCUT2D eigenvalue weighted by molar-refractivity contribution is -0.134. The molecule has 28 heavy (non-hydrogen) atoms. The minimum absolute atomic E-state index is 0.295. The van der Waals surface area contributed by atoms with Crippen LogP contribution in [0.5, 0.6) is 5.75 Å². The molecule has 0 spiro atoms. The van der Waals surface area contributed by atoms with Gasteiger partial charge in [-0.1, -0.05) is 12.8 Å². The lowest BCUT2D eigenvalue weighted by atomic mass is 10.2. The maximum Gasteiger partial charge on any atom is 0.236 e. The second-order valence-electron chi connectivity index (χ2n) is 8.23. The highest BCUT2D eigenvalue weighted by Crippen LogP contribution is 2.24. The quantitative estimate of drug-likeness (QED) is 0.765. The van der Waals surface area contributed by atoms with E-state index in [0.717, 1.165) is 58.4 Å². The summed E-state index contributed by atoms with van der Waals surface area (Å²) in [7, 11) is 0. The number of amides is 1. The maximum absolute atomic E-state index is 12.7. The van der Waals surface area contributed by atoms with E-state index in [0.29, 0.717) is 18.2 Å². The van der Waals surface area contributed by atoms with E-state index in [1.165, 1.54) is 31.4 Å². The van der Waals surface area contributed by atoms with Crippen molar-refractivity contribution < 1.29 is 9.63 Å². The van der Waals surface area contributed by atoms with E-state index in [1.807, 2.05) is 24.3 Å². The molecule has 7 nitrogen and oxygen atoms in total. The fourth-order valence-corrected chi connectivity index (χ4v) is 4.80. The van der Waals surface area contributed by atoms with E-state index in [2.05, 4.69) is 19.6 Å². The smallest absolute Gasteiger partial charge is 0.236 e. The summed E-state index contributed by atoms with van der Waals surface area (Å²) in [5.74, 6) is 6.15. The monoisotopic (exact) mass is 387 g/mol. The molecule has 0 atom stereocenters. The van der Waals surface area contributed by atoms with Crippen LogP contribution in [0, 0.1) is 0 Å². The predicted octanol–water partition coefficient (Wildman–Crippen LogP) is 1.15. The van der Waals surface area contributed by atoms with Crippen molar-refractivity contribution in [2.24, 2.45) is 5.90 Å². The van der Waals surface area contributed by atoms with Gasteiger partial charge in [-0.3, -0.25) is 14.6 Å². The molecule has 1 aliphatic carbocycles. The Kier molecular flexibility index (Phi) is 6.34. The lowest BCUT2D eigenvalue weighted by Crippen LogP contribution is -2.55. The van der Waals surface area contributed by atoms with Gasteiger partial charge in [-0.2, -0.15) is 5.90 Å². The molecule has 2 heterocycles. The van der Waals surface area contributed by atoms with E-state index in [4.69, 9.17) is 10.7 Å². The standard InChI is InChI=1S/C21H33N5O2/c22-28-20-7-5-19(6-8-20)24-11-9-23(10-12-24)17-21(27)26-15-13-25(14-16-26)18-3-1-2-4-18/h5-8,18H,1-4,9-17,22H2. The number of anilines is 1. The molecule has 0 aromatic heterocycles. The maximum atomic E-state index is 12.7. The lowest BCUT2D eigenvalue weighted by Gasteiger charge is -2.40. The van der Waals surface area contributed by atoms with Crippen molar-refractivity contribution >= 4 is 11.6 Å². The number of piperazine rings is 2. The third-order valence-corrected chi connectivity index (χ3v) is 6.58. The SMILES string of the molecule is NOc1ccc(N2CCN(CC(=O)N3CCN(C4CCCC4)CC3)CC2)cc1. The number of carbonyl (C=O) groups excluding carboxylic acids is 1.